The van der Waals surface area contributed by atoms with Gasteiger partial charge in [0.15, 0.2) is 11.6 Å². The van der Waals surface area contributed by atoms with Crippen LogP contribution >= 0.6 is 11.6 Å². The number of anilines is 2. The monoisotopic (exact) mass is 413 g/mol. The molecule has 1 aromatic carbocycles. The molecule has 29 heavy (non-hydrogen) atoms. The molecule has 3 heterocycles. The van der Waals surface area contributed by atoms with Crippen molar-refractivity contribution in [2.24, 2.45) is 0 Å². The van der Waals surface area contributed by atoms with E-state index in [1.165, 1.54) is 4.68 Å². The first-order valence-corrected chi connectivity index (χ1v) is 9.51. The number of rotatable bonds is 3. The summed E-state index contributed by atoms with van der Waals surface area (Å²) in [5.74, 6) is 1.18. The number of benzene rings is 1. The van der Waals surface area contributed by atoms with Crippen molar-refractivity contribution in [3.05, 3.63) is 47.6 Å². The van der Waals surface area contributed by atoms with E-state index in [1.54, 1.807) is 12.4 Å². The zero-order valence-corrected chi connectivity index (χ0v) is 17.0. The molecule has 9 heteroatoms. The second-order valence-electron chi connectivity index (χ2n) is 7.57. The van der Waals surface area contributed by atoms with E-state index in [0.717, 1.165) is 22.5 Å². The third kappa shape index (κ3) is 4.32. The minimum atomic E-state index is -0.579. The van der Waals surface area contributed by atoms with Crippen LogP contribution in [-0.2, 0) is 11.2 Å². The molecule has 0 unspecified atom stereocenters. The maximum atomic E-state index is 12.1. The molecule has 0 saturated carbocycles. The van der Waals surface area contributed by atoms with E-state index in [9.17, 15) is 4.79 Å². The number of nitrogens with zero attached hydrogens (tertiary/aromatic N) is 4. The lowest BCUT2D eigenvalue weighted by molar-refractivity contribution is 0.0514. The van der Waals surface area contributed by atoms with Crippen LogP contribution in [-0.4, -0.2) is 38.0 Å². The van der Waals surface area contributed by atoms with Gasteiger partial charge in [0.1, 0.15) is 5.60 Å². The van der Waals surface area contributed by atoms with Crippen LogP contribution in [0.1, 0.15) is 26.5 Å². The molecule has 1 N–H and O–H groups in total. The zero-order valence-electron chi connectivity index (χ0n) is 16.3. The van der Waals surface area contributed by atoms with Crippen LogP contribution in [0.15, 0.2) is 36.7 Å². The second-order valence-corrected chi connectivity index (χ2v) is 7.91. The molecular weight excluding hydrogens is 394 g/mol. The molecule has 1 aliphatic heterocycles. The zero-order chi connectivity index (χ0) is 20.6. The lowest BCUT2D eigenvalue weighted by Crippen LogP contribution is -2.27. The molecule has 0 amide bonds. The van der Waals surface area contributed by atoms with E-state index in [0.29, 0.717) is 24.6 Å². The summed E-state index contributed by atoms with van der Waals surface area (Å²) in [5, 5.41) is 7.49. The van der Waals surface area contributed by atoms with Crippen LogP contribution < -0.4 is 10.1 Å². The van der Waals surface area contributed by atoms with E-state index in [4.69, 9.17) is 21.1 Å². The van der Waals surface area contributed by atoms with Crippen molar-refractivity contribution in [3.8, 4) is 16.9 Å². The highest BCUT2D eigenvalue weighted by Gasteiger charge is 2.21. The molecule has 2 aromatic heterocycles. The van der Waals surface area contributed by atoms with E-state index in [1.807, 2.05) is 45.0 Å². The van der Waals surface area contributed by atoms with Crippen LogP contribution in [0.3, 0.4) is 0 Å². The minimum absolute atomic E-state index is 0.183. The van der Waals surface area contributed by atoms with Crippen molar-refractivity contribution in [2.45, 2.75) is 32.8 Å². The molecule has 0 fully saturated rings. The van der Waals surface area contributed by atoms with Crippen LogP contribution in [0.4, 0.5) is 16.3 Å². The first kappa shape index (κ1) is 19.2. The molecule has 1 aliphatic rings. The van der Waals surface area contributed by atoms with Crippen LogP contribution in [0.5, 0.6) is 5.75 Å². The molecule has 3 aromatic rings. The van der Waals surface area contributed by atoms with Crippen molar-refractivity contribution >= 4 is 29.2 Å². The highest BCUT2D eigenvalue weighted by atomic mass is 35.5. The molecule has 0 aliphatic carbocycles. The van der Waals surface area contributed by atoms with E-state index >= 15 is 0 Å². The van der Waals surface area contributed by atoms with Crippen LogP contribution in [0, 0.1) is 0 Å². The van der Waals surface area contributed by atoms with Gasteiger partial charge in [-0.2, -0.15) is 14.8 Å². The third-order valence-corrected chi connectivity index (χ3v) is 4.31. The molecule has 0 bridgehead atoms. The summed E-state index contributed by atoms with van der Waals surface area (Å²) in [6.45, 7) is 6.00. The fourth-order valence-corrected chi connectivity index (χ4v) is 3.07. The van der Waals surface area contributed by atoms with Crippen LogP contribution in [0.2, 0.25) is 5.28 Å². The average molecular weight is 414 g/mol. The lowest BCUT2D eigenvalue weighted by Gasteiger charge is -2.18. The highest BCUT2D eigenvalue weighted by molar-refractivity contribution is 6.28. The van der Waals surface area contributed by atoms with Gasteiger partial charge < -0.3 is 14.8 Å². The summed E-state index contributed by atoms with van der Waals surface area (Å²) in [7, 11) is 0. The molecular formula is C20H20ClN5O3. The Morgan fingerprint density at radius 2 is 1.97 bits per heavy atom. The largest absolute Gasteiger partial charge is 0.487 e. The Hall–Kier alpha value is -3.13. The number of carbonyl (C=O) groups excluding carboxylic acids is 1. The molecule has 4 rings (SSSR count). The second kappa shape index (κ2) is 7.36. The Kier molecular flexibility index (Phi) is 4.87. The number of aromatic nitrogens is 4. The van der Waals surface area contributed by atoms with E-state index < -0.39 is 11.7 Å². The Balaban J connectivity index is 1.50. The quantitative estimate of drug-likeness (QED) is 0.634. The predicted molar refractivity (Wildman–Crippen MR) is 109 cm³/mol. The van der Waals surface area contributed by atoms with Gasteiger partial charge in [0.05, 0.1) is 18.5 Å². The number of hydrogen-bond acceptors (Lipinski definition) is 7. The molecule has 0 radical (unpaired) electrons. The smallest absolute Gasteiger partial charge is 0.435 e. The fraction of sp³-hybridized carbons (Fsp3) is 0.300. The average Bonchev–Trinajstić information content (AvgIpc) is 3.30. The molecule has 0 atom stereocenters. The summed E-state index contributed by atoms with van der Waals surface area (Å²) >= 11 is 6.00. The van der Waals surface area contributed by atoms with Crippen LogP contribution in [0.25, 0.3) is 11.1 Å². The third-order valence-electron chi connectivity index (χ3n) is 4.14. The molecule has 0 spiro atoms. The number of hydrogen-bond donors (Lipinski definition) is 1. The molecule has 150 valence electrons. The minimum Gasteiger partial charge on any atom is -0.487 e. The number of ether oxygens (including phenoxy) is 2. The SMILES string of the molecule is CC(C)(C)OC(=O)n1cc(-c2ccc(Nc3nc(Cl)nc4c3OCC4)cc2)cn1. The van der Waals surface area contributed by atoms with Gasteiger partial charge in [-0.15, -0.1) is 0 Å². The lowest BCUT2D eigenvalue weighted by atomic mass is 10.1. The van der Waals surface area contributed by atoms with Crippen molar-refractivity contribution in [3.63, 3.8) is 0 Å². The molecule has 0 saturated heterocycles. The van der Waals surface area contributed by atoms with Gasteiger partial charge in [-0.05, 0) is 50.1 Å². The topological polar surface area (TPSA) is 91.2 Å². The van der Waals surface area contributed by atoms with Gasteiger partial charge in [0.2, 0.25) is 5.28 Å². The summed E-state index contributed by atoms with van der Waals surface area (Å²) in [6, 6.07) is 7.64. The van der Waals surface area contributed by atoms with Crippen molar-refractivity contribution < 1.29 is 14.3 Å². The van der Waals surface area contributed by atoms with Crippen molar-refractivity contribution in [1.82, 2.24) is 19.7 Å². The van der Waals surface area contributed by atoms with E-state index in [2.05, 4.69) is 20.4 Å². The number of halogens is 1. The van der Waals surface area contributed by atoms with Gasteiger partial charge >= 0.3 is 6.09 Å². The Bertz CT molecular complexity index is 1060. The van der Waals surface area contributed by atoms with E-state index in [-0.39, 0.29) is 5.28 Å². The number of fused-ring (bicyclic) bond motifs is 1. The summed E-state index contributed by atoms with van der Waals surface area (Å²) in [5.41, 5.74) is 2.76. The maximum absolute atomic E-state index is 12.1. The summed E-state index contributed by atoms with van der Waals surface area (Å²) in [4.78, 5) is 20.5. The highest BCUT2D eigenvalue weighted by Crippen LogP contribution is 2.34. The van der Waals surface area contributed by atoms with Gasteiger partial charge in [0.25, 0.3) is 0 Å². The molecule has 8 nitrogen and oxygen atoms in total. The van der Waals surface area contributed by atoms with Gasteiger partial charge in [-0.25, -0.2) is 9.78 Å². The maximum Gasteiger partial charge on any atom is 0.435 e. The summed E-state index contributed by atoms with van der Waals surface area (Å²) < 4.78 is 12.1. The Morgan fingerprint density at radius 1 is 1.21 bits per heavy atom. The standard InChI is InChI=1S/C20H20ClN5O3/c1-20(2,3)29-19(27)26-11-13(10-22-26)12-4-6-14(7-5-12)23-17-16-15(8-9-28-16)24-18(21)25-17/h4-7,10-11H,8-9H2,1-3H3,(H,23,24,25). The van der Waals surface area contributed by atoms with Gasteiger partial charge in [-0.3, -0.25) is 0 Å². The fourth-order valence-electron chi connectivity index (χ4n) is 2.89. The van der Waals surface area contributed by atoms with Gasteiger partial charge in [0, 0.05) is 23.9 Å². The van der Waals surface area contributed by atoms with Crippen molar-refractivity contribution in [1.29, 1.82) is 0 Å². The number of carbonyl (C=O) groups is 1. The normalized spacial score (nSPS) is 13.0. The summed E-state index contributed by atoms with van der Waals surface area (Å²) in [6.07, 6.45) is 3.46. The number of nitrogens with one attached hydrogen (secondary N) is 1. The van der Waals surface area contributed by atoms with Crippen molar-refractivity contribution in [2.75, 3.05) is 11.9 Å². The first-order chi connectivity index (χ1) is 13.8. The Morgan fingerprint density at radius 3 is 2.69 bits per heavy atom. The Labute approximate surface area is 172 Å². The van der Waals surface area contributed by atoms with Gasteiger partial charge in [-0.1, -0.05) is 12.1 Å². The predicted octanol–water partition coefficient (Wildman–Crippen LogP) is 4.46. The first-order valence-electron chi connectivity index (χ1n) is 9.13.